The van der Waals surface area contributed by atoms with Crippen LogP contribution in [-0.2, 0) is 0 Å². The number of hydrogen-bond donors (Lipinski definition) is 0. The summed E-state index contributed by atoms with van der Waals surface area (Å²) in [5.41, 5.74) is 1.37. The number of carbonyl (C=O) groups is 2. The molecule has 0 radical (unpaired) electrons. The molecule has 3 aromatic heterocycles. The fourth-order valence-electron chi connectivity index (χ4n) is 4.98. The fraction of sp³-hybridized carbons (Fsp3) is 0.375. The summed E-state index contributed by atoms with van der Waals surface area (Å²) in [6.45, 7) is 4.40. The van der Waals surface area contributed by atoms with Crippen molar-refractivity contribution < 1.29 is 18.4 Å². The van der Waals surface area contributed by atoms with Crippen molar-refractivity contribution in [3.8, 4) is 0 Å². The van der Waals surface area contributed by atoms with Crippen LogP contribution < -0.4 is 5.63 Å². The molecule has 9 nitrogen and oxygen atoms in total. The molecule has 0 atom stereocenters. The molecule has 9 heteroatoms. The largest absolute Gasteiger partial charge is 0.453 e. The first-order chi connectivity index (χ1) is 16.0. The van der Waals surface area contributed by atoms with Crippen molar-refractivity contribution in [1.82, 2.24) is 20.0 Å². The lowest BCUT2D eigenvalue weighted by Gasteiger charge is -2.16. The normalized spacial score (nSPS) is 16.5. The van der Waals surface area contributed by atoms with Crippen LogP contribution >= 0.6 is 0 Å². The minimum absolute atomic E-state index is 0.0734. The summed E-state index contributed by atoms with van der Waals surface area (Å²) in [6, 6.07) is 5.00. The fourth-order valence-corrected chi connectivity index (χ4v) is 4.98. The summed E-state index contributed by atoms with van der Waals surface area (Å²) in [7, 11) is 0. The lowest BCUT2D eigenvalue weighted by molar-refractivity contribution is 0.0772. The number of benzene rings is 1. The second-order valence-electron chi connectivity index (χ2n) is 8.77. The minimum Gasteiger partial charge on any atom is -0.453 e. The Kier molecular flexibility index (Phi) is 4.46. The second kappa shape index (κ2) is 7.40. The number of amides is 2. The van der Waals surface area contributed by atoms with Gasteiger partial charge in [-0.15, -0.1) is 10.2 Å². The van der Waals surface area contributed by atoms with Crippen molar-refractivity contribution in [2.24, 2.45) is 0 Å². The van der Waals surface area contributed by atoms with E-state index in [-0.39, 0.29) is 28.8 Å². The molecule has 6 rings (SSSR count). The summed E-state index contributed by atoms with van der Waals surface area (Å²) in [4.78, 5) is 42.3. The van der Waals surface area contributed by atoms with Crippen molar-refractivity contribution in [3.05, 3.63) is 45.6 Å². The molecule has 2 aliphatic heterocycles. The molecule has 4 aromatic rings. The maximum absolute atomic E-state index is 13.4. The van der Waals surface area contributed by atoms with Gasteiger partial charge in [0.05, 0.1) is 10.8 Å². The molecule has 1 aromatic carbocycles. The number of fused-ring (bicyclic) bond motifs is 5. The molecule has 0 N–H and O–H groups in total. The van der Waals surface area contributed by atoms with E-state index in [0.29, 0.717) is 48.1 Å². The SMILES string of the molecule is Cc1cc(=O)oc2c1ccc1oc3c(C(=O)N4CCCC4)nnc(C(=O)N4CCCC4)c3c12. The number of rotatable bonds is 2. The van der Waals surface area contributed by atoms with E-state index in [4.69, 9.17) is 8.83 Å². The highest BCUT2D eigenvalue weighted by molar-refractivity contribution is 6.24. The maximum atomic E-state index is 13.4. The molecule has 168 valence electrons. The van der Waals surface area contributed by atoms with Gasteiger partial charge in [0.1, 0.15) is 5.58 Å². The van der Waals surface area contributed by atoms with Gasteiger partial charge in [-0.05, 0) is 50.3 Å². The third-order valence-electron chi connectivity index (χ3n) is 6.66. The topological polar surface area (TPSA) is 110 Å². The van der Waals surface area contributed by atoms with Crippen molar-refractivity contribution in [2.75, 3.05) is 26.2 Å². The Bertz CT molecular complexity index is 1510. The van der Waals surface area contributed by atoms with Gasteiger partial charge in [0.15, 0.2) is 22.6 Å². The highest BCUT2D eigenvalue weighted by atomic mass is 16.4. The lowest BCUT2D eigenvalue weighted by Crippen LogP contribution is -2.31. The van der Waals surface area contributed by atoms with E-state index < -0.39 is 5.63 Å². The van der Waals surface area contributed by atoms with Crippen LogP contribution in [0.1, 0.15) is 52.2 Å². The van der Waals surface area contributed by atoms with E-state index in [1.165, 1.54) is 6.07 Å². The Morgan fingerprint density at radius 3 is 2.09 bits per heavy atom. The van der Waals surface area contributed by atoms with Crippen molar-refractivity contribution in [1.29, 1.82) is 0 Å². The van der Waals surface area contributed by atoms with Gasteiger partial charge in [-0.3, -0.25) is 9.59 Å². The number of carbonyl (C=O) groups excluding carboxylic acids is 2. The van der Waals surface area contributed by atoms with E-state index in [0.717, 1.165) is 36.6 Å². The zero-order valence-corrected chi connectivity index (χ0v) is 18.2. The summed E-state index contributed by atoms with van der Waals surface area (Å²) < 4.78 is 11.7. The maximum Gasteiger partial charge on any atom is 0.336 e. The smallest absolute Gasteiger partial charge is 0.336 e. The number of hydrogen-bond acceptors (Lipinski definition) is 7. The number of furan rings is 1. The average Bonchev–Trinajstić information content (AvgIpc) is 3.58. The molecular weight excluding hydrogens is 424 g/mol. The molecule has 0 spiro atoms. The van der Waals surface area contributed by atoms with Crippen molar-refractivity contribution in [3.63, 3.8) is 0 Å². The van der Waals surface area contributed by atoms with Crippen LogP contribution in [0.3, 0.4) is 0 Å². The molecule has 33 heavy (non-hydrogen) atoms. The Morgan fingerprint density at radius 2 is 1.42 bits per heavy atom. The lowest BCUT2D eigenvalue weighted by atomic mass is 10.0. The highest BCUT2D eigenvalue weighted by Crippen LogP contribution is 2.38. The van der Waals surface area contributed by atoms with Crippen LogP contribution in [0, 0.1) is 6.92 Å². The molecule has 0 saturated carbocycles. The number of aromatic nitrogens is 2. The average molecular weight is 446 g/mol. The molecule has 2 aliphatic rings. The first-order valence-corrected chi connectivity index (χ1v) is 11.3. The van der Waals surface area contributed by atoms with Crippen LogP contribution in [0.5, 0.6) is 0 Å². The first-order valence-electron chi connectivity index (χ1n) is 11.3. The van der Waals surface area contributed by atoms with E-state index >= 15 is 0 Å². The zero-order chi connectivity index (χ0) is 22.7. The van der Waals surface area contributed by atoms with Gasteiger partial charge in [-0.25, -0.2) is 4.79 Å². The summed E-state index contributed by atoms with van der Waals surface area (Å²) in [5.74, 6) is -0.536. The van der Waals surface area contributed by atoms with Crippen molar-refractivity contribution in [2.45, 2.75) is 32.6 Å². The van der Waals surface area contributed by atoms with Crippen LogP contribution in [-0.4, -0.2) is 58.0 Å². The third kappa shape index (κ3) is 3.02. The molecule has 2 fully saturated rings. The molecule has 0 bridgehead atoms. The summed E-state index contributed by atoms with van der Waals surface area (Å²) in [5, 5.41) is 10.0. The van der Waals surface area contributed by atoms with Crippen LogP contribution in [0.2, 0.25) is 0 Å². The number of aryl methyl sites for hydroxylation is 1. The van der Waals surface area contributed by atoms with E-state index in [1.54, 1.807) is 15.9 Å². The Hall–Kier alpha value is -3.75. The number of nitrogens with zero attached hydrogens (tertiary/aromatic N) is 4. The quantitative estimate of drug-likeness (QED) is 0.435. The highest BCUT2D eigenvalue weighted by Gasteiger charge is 2.32. The monoisotopic (exact) mass is 446 g/mol. The Balaban J connectivity index is 1.70. The van der Waals surface area contributed by atoms with E-state index in [9.17, 15) is 14.4 Å². The second-order valence-corrected chi connectivity index (χ2v) is 8.77. The van der Waals surface area contributed by atoms with Crippen LogP contribution in [0.25, 0.3) is 32.9 Å². The standard InChI is InChI=1S/C24H22N4O5/c1-13-12-16(29)33-21-14(13)6-7-15-17(21)18-19(23(30)27-8-2-3-9-27)25-26-20(22(18)32-15)24(31)28-10-4-5-11-28/h6-7,12H,2-5,8-11H2,1H3. The van der Waals surface area contributed by atoms with Gasteiger partial charge in [0.2, 0.25) is 0 Å². The summed E-state index contributed by atoms with van der Waals surface area (Å²) >= 11 is 0. The van der Waals surface area contributed by atoms with Gasteiger partial charge < -0.3 is 18.6 Å². The minimum atomic E-state index is -0.496. The van der Waals surface area contributed by atoms with Gasteiger partial charge in [-0.1, -0.05) is 0 Å². The molecule has 0 unspecified atom stereocenters. The Morgan fingerprint density at radius 1 is 0.818 bits per heavy atom. The van der Waals surface area contributed by atoms with E-state index in [1.807, 2.05) is 13.0 Å². The molecule has 2 amide bonds. The predicted molar refractivity (Wildman–Crippen MR) is 120 cm³/mol. The van der Waals surface area contributed by atoms with Gasteiger partial charge in [0, 0.05) is 37.6 Å². The summed E-state index contributed by atoms with van der Waals surface area (Å²) in [6.07, 6.45) is 3.72. The Labute approximate surface area is 187 Å². The molecule has 0 aliphatic carbocycles. The van der Waals surface area contributed by atoms with Crippen LogP contribution in [0.4, 0.5) is 0 Å². The van der Waals surface area contributed by atoms with Crippen molar-refractivity contribution >= 4 is 44.7 Å². The predicted octanol–water partition coefficient (Wildman–Crippen LogP) is 3.26. The molecule has 2 saturated heterocycles. The van der Waals surface area contributed by atoms with Gasteiger partial charge in [0.25, 0.3) is 11.8 Å². The van der Waals surface area contributed by atoms with Crippen LogP contribution in [0.15, 0.2) is 31.8 Å². The molecule has 5 heterocycles. The third-order valence-corrected chi connectivity index (χ3v) is 6.66. The number of likely N-dealkylation sites (tertiary alicyclic amines) is 2. The molecular formula is C24H22N4O5. The first kappa shape index (κ1) is 19.9. The zero-order valence-electron chi connectivity index (χ0n) is 18.2. The van der Waals surface area contributed by atoms with Gasteiger partial charge >= 0.3 is 5.63 Å². The van der Waals surface area contributed by atoms with E-state index in [2.05, 4.69) is 10.2 Å². The van der Waals surface area contributed by atoms with Gasteiger partial charge in [-0.2, -0.15) is 0 Å².